The minimum Gasteiger partial charge on any atom is -0.496 e. The number of carbonyl (C=O) groups excluding carboxylic acids is 3. The van der Waals surface area contributed by atoms with Crippen LogP contribution in [-0.4, -0.2) is 71.4 Å². The number of anilines is 1. The minimum absolute atomic E-state index is 0.00569. The van der Waals surface area contributed by atoms with Crippen LogP contribution >= 0.6 is 34.8 Å². The first-order valence-corrected chi connectivity index (χ1v) is 25.7. The van der Waals surface area contributed by atoms with E-state index in [0.717, 1.165) is 53.6 Å². The van der Waals surface area contributed by atoms with Gasteiger partial charge in [-0.25, -0.2) is 14.4 Å². The van der Waals surface area contributed by atoms with E-state index in [1.54, 1.807) is 43.6 Å². The highest BCUT2D eigenvalue weighted by Crippen LogP contribution is 2.39. The third-order valence-corrected chi connectivity index (χ3v) is 14.2. The van der Waals surface area contributed by atoms with Crippen LogP contribution < -0.4 is 14.4 Å². The van der Waals surface area contributed by atoms with Crippen LogP contribution in [0.1, 0.15) is 122 Å². The van der Waals surface area contributed by atoms with Crippen molar-refractivity contribution >= 4 is 63.7 Å². The summed E-state index contributed by atoms with van der Waals surface area (Å²) in [7, 11) is 3.05. The number of rotatable bonds is 20. The van der Waals surface area contributed by atoms with Crippen molar-refractivity contribution in [2.24, 2.45) is 10.9 Å². The minimum atomic E-state index is -0.460. The van der Waals surface area contributed by atoms with Gasteiger partial charge in [-0.2, -0.15) is 0 Å². The molecule has 374 valence electrons. The Morgan fingerprint density at radius 2 is 1.46 bits per heavy atom. The van der Waals surface area contributed by atoms with E-state index < -0.39 is 5.82 Å². The predicted molar refractivity (Wildman–Crippen MR) is 285 cm³/mol. The zero-order valence-electron chi connectivity index (χ0n) is 41.1. The van der Waals surface area contributed by atoms with Crippen LogP contribution in [0.5, 0.6) is 11.5 Å². The Labute approximate surface area is 436 Å². The number of amides is 1. The molecule has 0 saturated carbocycles. The first kappa shape index (κ1) is 52.2. The lowest BCUT2D eigenvalue weighted by molar-refractivity contribution is -0.136. The van der Waals surface area contributed by atoms with Crippen LogP contribution in [0.4, 0.5) is 10.1 Å². The lowest BCUT2D eigenvalue weighted by Crippen LogP contribution is -2.57. The predicted octanol–water partition coefficient (Wildman–Crippen LogP) is 13.6. The summed E-state index contributed by atoms with van der Waals surface area (Å²) in [6.07, 6.45) is 7.52. The second kappa shape index (κ2) is 24.1. The molecule has 2 aliphatic heterocycles. The number of hydrogen-bond donors (Lipinski definition) is 0. The molecule has 0 spiro atoms. The second-order valence-electron chi connectivity index (χ2n) is 19.0. The van der Waals surface area contributed by atoms with Gasteiger partial charge in [0.15, 0.2) is 5.78 Å². The summed E-state index contributed by atoms with van der Waals surface area (Å²) in [5.74, 6) is 1.13. The summed E-state index contributed by atoms with van der Waals surface area (Å²) in [5, 5.41) is 1.78. The van der Waals surface area contributed by atoms with E-state index >= 15 is 4.39 Å². The summed E-state index contributed by atoms with van der Waals surface area (Å²) >= 11 is 19.1. The highest BCUT2D eigenvalue weighted by atomic mass is 35.5. The van der Waals surface area contributed by atoms with Gasteiger partial charge in [-0.15, -0.1) is 0 Å². The molecule has 0 N–H and O–H groups in total. The molecule has 0 unspecified atom stereocenters. The molecule has 3 heterocycles. The third-order valence-electron chi connectivity index (χ3n) is 13.4. The van der Waals surface area contributed by atoms with Crippen LogP contribution in [0.3, 0.4) is 0 Å². The smallest absolute Gasteiger partial charge is 0.230 e. The number of Topliss-reactive ketones (excluding diaryl/α,β-unsaturated/α-hetero) is 2. The van der Waals surface area contributed by atoms with Gasteiger partial charge in [0.25, 0.3) is 0 Å². The van der Waals surface area contributed by atoms with Gasteiger partial charge < -0.3 is 19.3 Å². The van der Waals surface area contributed by atoms with Gasteiger partial charge >= 0.3 is 0 Å². The van der Waals surface area contributed by atoms with Gasteiger partial charge in [-0.1, -0.05) is 98.2 Å². The Morgan fingerprint density at radius 1 is 0.764 bits per heavy atom. The van der Waals surface area contributed by atoms with Gasteiger partial charge in [-0.05, 0) is 109 Å². The van der Waals surface area contributed by atoms with Crippen LogP contribution in [0.2, 0.25) is 15.1 Å². The number of hydrogen-bond acceptors (Lipinski definition) is 9. The maximum Gasteiger partial charge on any atom is 0.230 e. The van der Waals surface area contributed by atoms with E-state index in [-0.39, 0.29) is 48.1 Å². The molecule has 0 bridgehead atoms. The Bertz CT molecular complexity index is 2950. The second-order valence-corrected chi connectivity index (χ2v) is 20.3. The number of aliphatic imine (C=N–C) groups is 1. The molecule has 14 heteroatoms. The summed E-state index contributed by atoms with van der Waals surface area (Å²) in [6.45, 7) is 5.57. The Kier molecular flexibility index (Phi) is 17.4. The fourth-order valence-electron chi connectivity index (χ4n) is 9.92. The number of fused-ring (bicyclic) bond motifs is 3. The topological polar surface area (TPSA) is 114 Å². The Hall–Kier alpha value is -6.14. The third kappa shape index (κ3) is 12.5. The van der Waals surface area contributed by atoms with Gasteiger partial charge in [0.05, 0.1) is 55.8 Å². The van der Waals surface area contributed by atoms with E-state index in [2.05, 4.69) is 23.7 Å². The molecule has 1 aromatic heterocycles. The van der Waals surface area contributed by atoms with Crippen LogP contribution in [-0.2, 0) is 22.6 Å². The highest BCUT2D eigenvalue weighted by Gasteiger charge is 2.38. The normalized spacial score (nSPS) is 15.4. The number of aromatic nitrogens is 2. The lowest BCUT2D eigenvalue weighted by Gasteiger charge is -2.49. The molecule has 1 amide bonds. The van der Waals surface area contributed by atoms with Gasteiger partial charge in [-0.3, -0.25) is 19.4 Å². The molecule has 1 fully saturated rings. The number of carbonyl (C=O) groups is 3. The lowest BCUT2D eigenvalue weighted by atomic mass is 9.92. The molecule has 2 atom stereocenters. The highest BCUT2D eigenvalue weighted by molar-refractivity contribution is 6.32. The van der Waals surface area contributed by atoms with Crippen molar-refractivity contribution in [3.8, 4) is 22.8 Å². The number of methoxy groups -OCH3 is 2. The van der Waals surface area contributed by atoms with Crippen molar-refractivity contribution in [3.05, 3.63) is 169 Å². The monoisotopic (exact) mass is 1030 g/mol. The fraction of sp³-hybridized carbons (Fsp3) is 0.345. The van der Waals surface area contributed by atoms with Gasteiger partial charge in [0, 0.05) is 82.0 Å². The van der Waals surface area contributed by atoms with Crippen molar-refractivity contribution in [1.82, 2.24) is 14.9 Å². The average molecular weight is 1030 g/mol. The molecular formula is C58H59Cl3FN5O5. The van der Waals surface area contributed by atoms with E-state index in [1.165, 1.54) is 13.2 Å². The van der Waals surface area contributed by atoms with Crippen LogP contribution in [0.15, 0.2) is 114 Å². The molecule has 6 aromatic rings. The summed E-state index contributed by atoms with van der Waals surface area (Å²) in [6, 6.07) is 31.2. The fourth-order valence-corrected chi connectivity index (χ4v) is 10.3. The number of benzene rings is 5. The molecule has 5 aromatic carbocycles. The largest absolute Gasteiger partial charge is 0.496 e. The van der Waals surface area contributed by atoms with Crippen LogP contribution in [0, 0.1) is 11.7 Å². The Balaban J connectivity index is 0.818. The van der Waals surface area contributed by atoms with Crippen molar-refractivity contribution in [1.29, 1.82) is 0 Å². The number of ketones is 2. The molecule has 2 aliphatic rings. The molecule has 0 aliphatic carbocycles. The number of piperazine rings is 1. The Morgan fingerprint density at radius 3 is 2.18 bits per heavy atom. The van der Waals surface area contributed by atoms with Crippen molar-refractivity contribution in [3.63, 3.8) is 0 Å². The molecular weight excluding hydrogens is 972 g/mol. The van der Waals surface area contributed by atoms with Crippen molar-refractivity contribution < 1.29 is 28.2 Å². The molecule has 0 radical (unpaired) electrons. The zero-order chi connectivity index (χ0) is 50.9. The number of unbranched alkanes of at least 4 members (excludes halogenated alkanes) is 4. The van der Waals surface area contributed by atoms with Crippen molar-refractivity contribution in [2.45, 2.75) is 96.7 Å². The summed E-state index contributed by atoms with van der Waals surface area (Å²) in [4.78, 5) is 59.3. The van der Waals surface area contributed by atoms with Crippen molar-refractivity contribution in [2.75, 3.05) is 32.2 Å². The van der Waals surface area contributed by atoms with E-state index in [0.29, 0.717) is 106 Å². The van der Waals surface area contributed by atoms with Gasteiger partial charge in [0.1, 0.15) is 28.9 Å². The molecule has 72 heavy (non-hydrogen) atoms. The van der Waals surface area contributed by atoms with E-state index in [9.17, 15) is 14.4 Å². The maximum atomic E-state index is 15.4. The van der Waals surface area contributed by atoms with E-state index in [4.69, 9.17) is 54.3 Å². The molecule has 8 rings (SSSR count). The SMILES string of the molecule is COc1cc(Cc2ncc3c(n2)-c2ccc(Cl)cc2C(c2c(F)cccc2OC)=NC3)ccc1C(=O)CCCCCCCC(=O)CC(=O)N1C[C@H](CC(C)C)N(c2ccc(Cl)cc2)[C@H](c2ccc(Cl)cc2)C1. The maximum absolute atomic E-state index is 15.4. The van der Waals surface area contributed by atoms with Gasteiger partial charge in [0.2, 0.25) is 5.91 Å². The first-order valence-electron chi connectivity index (χ1n) is 24.6. The number of ether oxygens (including phenoxy) is 2. The number of nitrogens with zero attached hydrogens (tertiary/aromatic N) is 5. The standard InChI is InChI=1S/C58H59Cl3FN5O5/c1-36(2)27-44-34-66(35-50(38-16-18-40(59)19-17-38)67(44)43-23-20-41(60)21-24-43)55(70)31-45(68)11-8-6-5-7-9-13-51(69)47-25-15-37(28-53(47)72-4)29-54-63-32-39-33-64-58(56-49(62)12-10-14-52(56)71-3)48-30-42(61)22-26-46(48)57(39)65-54/h10,12,14-26,28,30,32,36,44,50H,5-9,11,13,27,29,31,33-35H2,1-4H3/t44-,50-/m0/s1. The molecule has 1 saturated heterocycles. The average Bonchev–Trinajstić information content (AvgIpc) is 3.52. The van der Waals surface area contributed by atoms with Crippen LogP contribution in [0.25, 0.3) is 11.3 Å². The molecule has 10 nitrogen and oxygen atoms in total. The summed E-state index contributed by atoms with van der Waals surface area (Å²) < 4.78 is 26.6. The van der Waals surface area contributed by atoms with E-state index in [1.807, 2.05) is 71.6 Å². The number of halogens is 4. The summed E-state index contributed by atoms with van der Waals surface area (Å²) in [5.41, 5.74) is 6.97. The first-order chi connectivity index (χ1) is 34.8. The quantitative estimate of drug-likeness (QED) is 0.0422. The zero-order valence-corrected chi connectivity index (χ0v) is 43.4.